The third-order valence-corrected chi connectivity index (χ3v) is 41.1. The number of aromatic nitrogens is 4. The van der Waals surface area contributed by atoms with Crippen LogP contribution in [0.15, 0.2) is 121 Å². The normalized spacial score (nSPS) is 18.0. The molecule has 2 aliphatic heterocycles. The van der Waals surface area contributed by atoms with Gasteiger partial charge >= 0.3 is 0 Å². The summed E-state index contributed by atoms with van der Waals surface area (Å²) in [7, 11) is 0. The van der Waals surface area contributed by atoms with E-state index in [0.717, 1.165) is 113 Å². The van der Waals surface area contributed by atoms with Crippen molar-refractivity contribution in [3.05, 3.63) is 216 Å². The molecule has 33 aromatic carbocycles. The lowest BCUT2D eigenvalue weighted by Gasteiger charge is -2.57. The lowest BCUT2D eigenvalue weighted by atomic mass is 9.43. The Bertz CT molecular complexity index is 12000. The molecule has 1 amide bonds. The van der Waals surface area contributed by atoms with Gasteiger partial charge in [0.2, 0.25) is 0 Å². The van der Waals surface area contributed by atoms with Gasteiger partial charge in [0.1, 0.15) is 0 Å². The van der Waals surface area contributed by atoms with Crippen LogP contribution in [-0.2, 0) is 56.2 Å². The van der Waals surface area contributed by atoms with Crippen LogP contribution in [0.1, 0.15) is 225 Å². The minimum absolute atomic E-state index is 0.0560. The van der Waals surface area contributed by atoms with Crippen LogP contribution in [0.2, 0.25) is 0 Å². The predicted molar refractivity (Wildman–Crippen MR) is 608 cm³/mol. The van der Waals surface area contributed by atoms with Crippen LogP contribution in [0.5, 0.6) is 0 Å². The summed E-state index contributed by atoms with van der Waals surface area (Å²) < 4.78 is 0. The Balaban J connectivity index is 0.542. The molecular weight excluding hydrogens is 1730 g/mol. The number of carbonyl (C=O) groups excluding carboxylic acids is 1. The number of fused-ring (bicyclic) bond motifs is 9. The SMILES string of the molecule is CC(C)(C)c1cc(-c2c3nc(c(-c4cc(C(C)(C)C)cc(C(C)(C)C)c4)c4ccc([nH]4)c(-c4cc(C(C)(C)C)cc(C(C)(C)C)c4)c4nc(c(-c5ccc(NC(=O)c6cccc7c6CC68c9c%10c%11c%12c%13c%14c(c%15c%16c6c6c9c9c%17c%10c%10c%11c%11c%13c%13c%18c%14c%14c%15c%15c%16c%16c6c6c9c9c%17c%17c%10c%10c%11c%13c%11c%13c%18c%14c%14c%15c%15c%16c6c6c9c9c%17c%10c%11c%10c%13c%14c%15c6c9%10)C%128C7)cc5)c5ccc2[nH]5)C=C4)C=C3)cc(C(C)(C)C)c1. The minimum Gasteiger partial charge on any atom is -0.354 e. The standard InChI is InChI=1S/C137H85N5O/c1-130(2,3)50-34-47(35-51(40-50)131(4,5)6)68-61-28-26-59(139-61)67(60-27-29-62(140-60)69(48-36-52(132(7,8)9)41-53(37-48)133(10,11)12)64-31-33-66(142-64)70(65-32-30-63(68)141-65)49-38-54(134(13,14)15)42-55(39-49)135(16,17)18)45-22-24-56(25-23-45)138-129(143)57-21-19-20-46-43-136-125-117-109-99-89-81-73-71-72-75-79-77(73)85-93-87(79)97-91-83(75)84-76(72)80-78-74(71)82(81)90-96-86(78)94-88(80)98-92(84)102-101(91)111-105(97)115-107(93)113(103(109)95(85)89)119(125)123(115)127-121(111)122-112(102)106(98)116-108(94)114-104(96)110(100(90)99)118(117)126(136)120(114)124(116)128(122)137(127,136)44-58(46)57/h19-42,139,142H,43-44H2,1-18H3,(H,138,143). The van der Waals surface area contributed by atoms with E-state index in [-0.39, 0.29) is 38.4 Å². The molecule has 3 aromatic heterocycles. The molecule has 2 spiro atoms. The molecule has 36 aromatic rings. The highest BCUT2D eigenvalue weighted by Gasteiger charge is 2.71. The summed E-state index contributed by atoms with van der Waals surface area (Å²) in [6.45, 7) is 42.1. The molecule has 0 saturated heterocycles. The van der Waals surface area contributed by atoms with Crippen LogP contribution < -0.4 is 5.32 Å². The third-order valence-electron chi connectivity index (χ3n) is 41.1. The number of H-pyrrole nitrogens is 2. The first kappa shape index (κ1) is 72.0. The van der Waals surface area contributed by atoms with Crippen LogP contribution in [0.4, 0.5) is 5.69 Å². The smallest absolute Gasteiger partial charge is 0.255 e. The van der Waals surface area contributed by atoms with Gasteiger partial charge in [-0.2, -0.15) is 0 Å². The largest absolute Gasteiger partial charge is 0.354 e. The number of carbonyl (C=O) groups is 1. The molecule has 143 heavy (non-hydrogen) atoms. The summed E-state index contributed by atoms with van der Waals surface area (Å²) >= 11 is 0. The van der Waals surface area contributed by atoms with E-state index in [1.807, 2.05) is 0 Å². The molecule has 7 aliphatic rings. The third kappa shape index (κ3) is 6.37. The second-order valence-electron chi connectivity index (χ2n) is 53.3. The zero-order valence-electron chi connectivity index (χ0n) is 82.6. The maximum atomic E-state index is 17.0. The van der Waals surface area contributed by atoms with Gasteiger partial charge in [-0.1, -0.05) is 203 Å². The number of nitrogens with one attached hydrogen (secondary N) is 3. The first-order chi connectivity index (χ1) is 68.7. The predicted octanol–water partition coefficient (Wildman–Crippen LogP) is 36.8. The summed E-state index contributed by atoms with van der Waals surface area (Å²) in [5, 5.41) is 90.3. The topological polar surface area (TPSA) is 86.5 Å². The van der Waals surface area contributed by atoms with Gasteiger partial charge in [0, 0.05) is 66.4 Å². The van der Waals surface area contributed by atoms with Gasteiger partial charge in [-0.3, -0.25) is 4.79 Å². The number of nitrogens with zero attached hydrogens (tertiary/aromatic N) is 2. The molecule has 5 aliphatic carbocycles. The van der Waals surface area contributed by atoms with Crippen molar-refractivity contribution < 1.29 is 4.79 Å². The fourth-order valence-corrected chi connectivity index (χ4v) is 36.2. The number of rotatable bonds is 6. The summed E-state index contributed by atoms with van der Waals surface area (Å²) in [5.41, 5.74) is 32.0. The fourth-order valence-electron chi connectivity index (χ4n) is 36.2. The highest BCUT2D eigenvalue weighted by atomic mass is 16.1. The van der Waals surface area contributed by atoms with E-state index < -0.39 is 10.8 Å². The number of amides is 1. The van der Waals surface area contributed by atoms with E-state index in [4.69, 9.17) is 9.97 Å². The second-order valence-corrected chi connectivity index (χ2v) is 53.3. The monoisotopic (exact) mass is 1820 g/mol. The number of hydrogen-bond acceptors (Lipinski definition) is 3. The van der Waals surface area contributed by atoms with Crippen molar-refractivity contribution in [3.63, 3.8) is 0 Å². The Hall–Kier alpha value is -15.4. The lowest BCUT2D eigenvalue weighted by Crippen LogP contribution is -2.57. The number of anilines is 1. The van der Waals surface area contributed by atoms with Crippen LogP contribution in [0, 0.1) is 0 Å². The summed E-state index contributed by atoms with van der Waals surface area (Å²) in [5.74, 6) is -0.0560. The molecule has 5 heterocycles. The highest BCUT2D eigenvalue weighted by molar-refractivity contribution is 6.82. The van der Waals surface area contributed by atoms with Crippen molar-refractivity contribution in [2.45, 2.75) is 181 Å². The molecule has 8 bridgehead atoms. The minimum atomic E-state index is -0.558. The van der Waals surface area contributed by atoms with Crippen molar-refractivity contribution >= 4 is 349 Å². The average Bonchev–Trinajstić information content (AvgIpc) is 1.38. The van der Waals surface area contributed by atoms with E-state index in [1.165, 1.54) is 44.5 Å². The van der Waals surface area contributed by atoms with Crippen molar-refractivity contribution in [2.75, 3.05) is 5.32 Å². The van der Waals surface area contributed by atoms with Gasteiger partial charge in [-0.15, -0.1) is 0 Å². The van der Waals surface area contributed by atoms with Crippen molar-refractivity contribution in [1.29, 1.82) is 0 Å². The number of aromatic amines is 2. The van der Waals surface area contributed by atoms with E-state index >= 15 is 4.79 Å². The molecule has 0 radical (unpaired) electrons. The van der Waals surface area contributed by atoms with Crippen molar-refractivity contribution in [2.24, 2.45) is 0 Å². The zero-order chi connectivity index (χ0) is 94.0. The lowest BCUT2D eigenvalue weighted by molar-refractivity contribution is 0.102. The molecule has 0 unspecified atom stereocenters. The Kier molecular flexibility index (Phi) is 9.91. The molecular formula is C137H85N5O. The Morgan fingerprint density at radius 2 is 0.455 bits per heavy atom. The van der Waals surface area contributed by atoms with Gasteiger partial charge in [0.05, 0.1) is 22.8 Å². The second kappa shape index (κ2) is 19.7. The zero-order valence-corrected chi connectivity index (χ0v) is 82.6. The molecule has 6 nitrogen and oxygen atoms in total. The molecule has 0 fully saturated rings. The van der Waals surface area contributed by atoms with Gasteiger partial charge < -0.3 is 15.3 Å². The van der Waals surface area contributed by atoms with E-state index in [1.54, 1.807) is 313 Å². The average molecular weight is 1820 g/mol. The van der Waals surface area contributed by atoms with Crippen LogP contribution in [-0.4, -0.2) is 25.8 Å². The molecule has 0 atom stereocenters. The maximum absolute atomic E-state index is 17.0. The van der Waals surface area contributed by atoms with Gasteiger partial charge in [-0.25, -0.2) is 9.97 Å². The van der Waals surface area contributed by atoms with E-state index in [0.29, 0.717) is 0 Å². The van der Waals surface area contributed by atoms with Gasteiger partial charge in [0.15, 0.2) is 0 Å². The highest BCUT2D eigenvalue weighted by Crippen LogP contribution is 2.86. The molecule has 6 heteroatoms. The van der Waals surface area contributed by atoms with Gasteiger partial charge in [-0.05, 0) is 492 Å². The summed E-state index contributed by atoms with van der Waals surface area (Å²) in [6.07, 6.45) is 10.6. The quantitative estimate of drug-likeness (QED) is 0.145. The van der Waals surface area contributed by atoms with Crippen LogP contribution >= 0.6 is 0 Å². The molecule has 43 rings (SSSR count). The summed E-state index contributed by atoms with van der Waals surface area (Å²) in [4.78, 5) is 37.5. The Labute approximate surface area is 814 Å². The molecule has 664 valence electrons. The maximum Gasteiger partial charge on any atom is 0.255 e. The first-order valence-electron chi connectivity index (χ1n) is 52.7. The molecule has 3 N–H and O–H groups in total. The van der Waals surface area contributed by atoms with Crippen molar-refractivity contribution in [1.82, 2.24) is 19.9 Å². The van der Waals surface area contributed by atoms with E-state index in [9.17, 15) is 0 Å². The van der Waals surface area contributed by atoms with E-state index in [2.05, 4.69) is 286 Å². The van der Waals surface area contributed by atoms with Crippen LogP contribution in [0.3, 0.4) is 0 Å². The number of hydrogen-bond donors (Lipinski definition) is 3. The number of benzene rings is 23. The van der Waals surface area contributed by atoms with Crippen LogP contribution in [0.25, 0.3) is 382 Å². The summed E-state index contributed by atoms with van der Waals surface area (Å²) in [6, 6.07) is 46.8. The molecule has 0 saturated carbocycles. The first-order valence-corrected chi connectivity index (χ1v) is 52.7. The fraction of sp³-hybridized carbons (Fsp3) is 0.204. The van der Waals surface area contributed by atoms with Crippen molar-refractivity contribution in [3.8, 4) is 44.5 Å². The van der Waals surface area contributed by atoms with Gasteiger partial charge in [0.25, 0.3) is 5.91 Å². The Morgan fingerprint density at radius 3 is 0.678 bits per heavy atom. The Morgan fingerprint density at radius 1 is 0.245 bits per heavy atom.